The molecule has 25 heavy (non-hydrogen) atoms. The van der Waals surface area contributed by atoms with Gasteiger partial charge < -0.3 is 15.5 Å². The average Bonchev–Trinajstić information content (AvgIpc) is 2.79. The second kappa shape index (κ2) is 7.77. The van der Waals surface area contributed by atoms with E-state index in [4.69, 9.17) is 17.3 Å². The number of rotatable bonds is 2. The highest BCUT2D eigenvalue weighted by molar-refractivity contribution is 6.31. The molecule has 0 bridgehead atoms. The fourth-order valence-electron chi connectivity index (χ4n) is 2.49. The van der Waals surface area contributed by atoms with Gasteiger partial charge in [0.05, 0.1) is 10.6 Å². The van der Waals surface area contributed by atoms with Gasteiger partial charge in [-0.2, -0.15) is 13.2 Å². The lowest BCUT2D eigenvalue weighted by Crippen LogP contribution is -2.39. The second-order valence-electron chi connectivity index (χ2n) is 5.57. The topological polar surface area (TPSA) is 66.6 Å². The highest BCUT2D eigenvalue weighted by Crippen LogP contribution is 2.35. The first kappa shape index (κ1) is 19.1. The quantitative estimate of drug-likeness (QED) is 0.807. The van der Waals surface area contributed by atoms with Crippen molar-refractivity contribution in [2.45, 2.75) is 12.6 Å². The van der Waals surface area contributed by atoms with Crippen LogP contribution in [-0.4, -0.2) is 47.9 Å². The summed E-state index contributed by atoms with van der Waals surface area (Å²) < 4.78 is 38.5. The van der Waals surface area contributed by atoms with E-state index in [-0.39, 0.29) is 11.5 Å². The zero-order chi connectivity index (χ0) is 18.6. The minimum atomic E-state index is -4.56. The highest BCUT2D eigenvalue weighted by atomic mass is 35.5. The number of carbonyl (C=O) groups is 2. The van der Waals surface area contributed by atoms with Gasteiger partial charge in [0.1, 0.15) is 0 Å². The van der Waals surface area contributed by atoms with Crippen LogP contribution in [0.5, 0.6) is 0 Å². The van der Waals surface area contributed by atoms with E-state index in [9.17, 15) is 22.8 Å². The standard InChI is InChI=1S/C16H17ClF3N3O2/c17-13-4-2-11(10-12(13)16(18,19)20)3-5-14(24)22-6-1-7-23(9-8-22)15(21)25/h2-5,10H,1,6-9H2,(H2,21,25). The molecule has 1 saturated heterocycles. The zero-order valence-electron chi connectivity index (χ0n) is 13.2. The van der Waals surface area contributed by atoms with Crippen molar-refractivity contribution < 1.29 is 22.8 Å². The predicted molar refractivity (Wildman–Crippen MR) is 87.8 cm³/mol. The van der Waals surface area contributed by atoms with Gasteiger partial charge >= 0.3 is 12.2 Å². The van der Waals surface area contributed by atoms with Crippen LogP contribution in [-0.2, 0) is 11.0 Å². The first-order valence-corrected chi connectivity index (χ1v) is 7.94. The van der Waals surface area contributed by atoms with Gasteiger partial charge in [-0.05, 0) is 30.2 Å². The molecule has 1 heterocycles. The third-order valence-electron chi connectivity index (χ3n) is 3.83. The molecule has 0 unspecified atom stereocenters. The van der Waals surface area contributed by atoms with E-state index < -0.39 is 22.8 Å². The van der Waals surface area contributed by atoms with Crippen LogP contribution in [0.15, 0.2) is 24.3 Å². The van der Waals surface area contributed by atoms with E-state index in [1.165, 1.54) is 28.0 Å². The van der Waals surface area contributed by atoms with Gasteiger partial charge in [0.2, 0.25) is 5.91 Å². The lowest BCUT2D eigenvalue weighted by molar-refractivity contribution is -0.137. The van der Waals surface area contributed by atoms with Crippen LogP contribution in [0.2, 0.25) is 5.02 Å². The van der Waals surface area contributed by atoms with Gasteiger partial charge in [-0.25, -0.2) is 4.79 Å². The Morgan fingerprint density at radius 3 is 2.40 bits per heavy atom. The molecule has 0 spiro atoms. The van der Waals surface area contributed by atoms with Crippen LogP contribution in [0, 0.1) is 0 Å². The monoisotopic (exact) mass is 375 g/mol. The van der Waals surface area contributed by atoms with Gasteiger partial charge in [-0.3, -0.25) is 4.79 Å². The van der Waals surface area contributed by atoms with Gasteiger partial charge in [-0.15, -0.1) is 0 Å². The van der Waals surface area contributed by atoms with Crippen LogP contribution in [0.25, 0.3) is 6.08 Å². The second-order valence-corrected chi connectivity index (χ2v) is 5.98. The number of urea groups is 1. The molecule has 0 aromatic heterocycles. The number of nitrogens with two attached hydrogens (primary N) is 1. The summed E-state index contributed by atoms with van der Waals surface area (Å²) in [7, 11) is 0. The lowest BCUT2D eigenvalue weighted by Gasteiger charge is -2.19. The van der Waals surface area contributed by atoms with E-state index in [2.05, 4.69) is 0 Å². The summed E-state index contributed by atoms with van der Waals surface area (Å²) in [6.07, 6.45) is -1.45. The van der Waals surface area contributed by atoms with Crippen molar-refractivity contribution in [3.63, 3.8) is 0 Å². The summed E-state index contributed by atoms with van der Waals surface area (Å²) in [6.45, 7) is 1.56. The van der Waals surface area contributed by atoms with Crippen LogP contribution in [0.3, 0.4) is 0 Å². The fraction of sp³-hybridized carbons (Fsp3) is 0.375. The molecule has 1 aliphatic rings. The van der Waals surface area contributed by atoms with Crippen molar-refractivity contribution in [2.75, 3.05) is 26.2 Å². The Balaban J connectivity index is 2.06. The maximum absolute atomic E-state index is 12.8. The summed E-state index contributed by atoms with van der Waals surface area (Å²) in [5, 5.41) is -0.393. The Labute approximate surface area is 147 Å². The van der Waals surface area contributed by atoms with E-state index in [0.717, 1.165) is 12.1 Å². The average molecular weight is 376 g/mol. The molecular weight excluding hydrogens is 359 g/mol. The first-order chi connectivity index (χ1) is 11.7. The Morgan fingerprint density at radius 2 is 1.76 bits per heavy atom. The van der Waals surface area contributed by atoms with Crippen molar-refractivity contribution in [1.29, 1.82) is 0 Å². The van der Waals surface area contributed by atoms with Gasteiger partial charge in [0, 0.05) is 32.3 Å². The maximum Gasteiger partial charge on any atom is 0.417 e. The van der Waals surface area contributed by atoms with E-state index in [1.54, 1.807) is 0 Å². The molecule has 2 rings (SSSR count). The number of amides is 3. The normalized spacial score (nSPS) is 16.2. The number of alkyl halides is 3. The summed E-state index contributed by atoms with van der Waals surface area (Å²) in [5.74, 6) is -0.338. The largest absolute Gasteiger partial charge is 0.417 e. The Kier molecular flexibility index (Phi) is 5.94. The fourth-order valence-corrected chi connectivity index (χ4v) is 2.72. The van der Waals surface area contributed by atoms with Crippen molar-refractivity contribution in [3.05, 3.63) is 40.4 Å². The van der Waals surface area contributed by atoms with Crippen molar-refractivity contribution >= 4 is 29.6 Å². The third-order valence-corrected chi connectivity index (χ3v) is 4.16. The maximum atomic E-state index is 12.8. The minimum absolute atomic E-state index is 0.221. The molecule has 0 radical (unpaired) electrons. The van der Waals surface area contributed by atoms with Gasteiger partial charge in [0.15, 0.2) is 0 Å². The van der Waals surface area contributed by atoms with E-state index in [0.29, 0.717) is 32.6 Å². The number of halogens is 4. The molecular formula is C16H17ClF3N3O2. The molecule has 136 valence electrons. The van der Waals surface area contributed by atoms with Crippen LogP contribution >= 0.6 is 11.6 Å². The Bertz CT molecular complexity index is 692. The zero-order valence-corrected chi connectivity index (χ0v) is 14.0. The molecule has 2 N–H and O–H groups in total. The van der Waals surface area contributed by atoms with Crippen LogP contribution in [0.4, 0.5) is 18.0 Å². The molecule has 0 saturated carbocycles. The third kappa shape index (κ3) is 5.12. The number of primary amides is 1. The smallest absolute Gasteiger partial charge is 0.351 e. The lowest BCUT2D eigenvalue weighted by atomic mass is 10.1. The van der Waals surface area contributed by atoms with E-state index in [1.807, 2.05) is 0 Å². The number of hydrogen-bond donors (Lipinski definition) is 1. The van der Waals surface area contributed by atoms with E-state index >= 15 is 0 Å². The number of benzene rings is 1. The first-order valence-electron chi connectivity index (χ1n) is 7.56. The Hall–Kier alpha value is -2.22. The van der Waals surface area contributed by atoms with Crippen LogP contribution in [0.1, 0.15) is 17.5 Å². The summed E-state index contributed by atoms with van der Waals surface area (Å²) in [5.41, 5.74) is 4.49. The molecule has 5 nitrogen and oxygen atoms in total. The summed E-state index contributed by atoms with van der Waals surface area (Å²) >= 11 is 5.56. The van der Waals surface area contributed by atoms with Gasteiger partial charge in [-0.1, -0.05) is 17.7 Å². The molecule has 1 aromatic rings. The molecule has 1 aromatic carbocycles. The summed E-state index contributed by atoms with van der Waals surface area (Å²) in [6, 6.07) is 2.90. The Morgan fingerprint density at radius 1 is 1.12 bits per heavy atom. The molecule has 3 amide bonds. The van der Waals surface area contributed by atoms with Gasteiger partial charge in [0.25, 0.3) is 0 Å². The molecule has 0 aliphatic carbocycles. The number of carbonyl (C=O) groups excluding carboxylic acids is 2. The molecule has 9 heteroatoms. The number of hydrogen-bond acceptors (Lipinski definition) is 2. The summed E-state index contributed by atoms with van der Waals surface area (Å²) in [4.78, 5) is 26.3. The number of nitrogens with zero attached hydrogens (tertiary/aromatic N) is 2. The SMILES string of the molecule is NC(=O)N1CCCN(C(=O)C=Cc2ccc(Cl)c(C(F)(F)F)c2)CC1. The molecule has 0 atom stereocenters. The van der Waals surface area contributed by atoms with Crippen LogP contribution < -0.4 is 5.73 Å². The predicted octanol–water partition coefficient (Wildman–Crippen LogP) is 2.99. The molecule has 1 fully saturated rings. The van der Waals surface area contributed by atoms with Crippen molar-refractivity contribution in [2.24, 2.45) is 5.73 Å². The van der Waals surface area contributed by atoms with Crippen molar-refractivity contribution in [1.82, 2.24) is 9.80 Å². The highest BCUT2D eigenvalue weighted by Gasteiger charge is 2.33. The van der Waals surface area contributed by atoms with Crippen molar-refractivity contribution in [3.8, 4) is 0 Å². The minimum Gasteiger partial charge on any atom is -0.351 e. The molecule has 1 aliphatic heterocycles.